The van der Waals surface area contributed by atoms with E-state index < -0.39 is 0 Å². The molecule has 0 spiro atoms. The Hall–Kier alpha value is -0.710. The van der Waals surface area contributed by atoms with Crippen molar-refractivity contribution in [1.82, 2.24) is 4.98 Å². The smallest absolute Gasteiger partial charge is 0.0955 e. The maximum Gasteiger partial charge on any atom is 0.0955 e. The molecule has 2 rings (SSSR count). The first-order chi connectivity index (χ1) is 7.81. The lowest BCUT2D eigenvalue weighted by atomic mass is 10.2. The van der Waals surface area contributed by atoms with Crippen LogP contribution in [0.4, 0.5) is 0 Å². The lowest BCUT2D eigenvalue weighted by molar-refractivity contribution is 0.202. The molecule has 0 saturated heterocycles. The summed E-state index contributed by atoms with van der Waals surface area (Å²) in [4.78, 5) is 4.59. The molecule has 1 aromatic carbocycles. The van der Waals surface area contributed by atoms with Gasteiger partial charge in [-0.3, -0.25) is 0 Å². The summed E-state index contributed by atoms with van der Waals surface area (Å²) in [6, 6.07) is 8.13. The van der Waals surface area contributed by atoms with E-state index in [9.17, 15) is 0 Å². The van der Waals surface area contributed by atoms with E-state index in [1.54, 1.807) is 18.4 Å². The van der Waals surface area contributed by atoms with E-state index in [-0.39, 0.29) is 0 Å². The molecule has 2 aromatic rings. The molecule has 0 fully saturated rings. The minimum atomic E-state index is 0.725. The predicted octanol–water partition coefficient (Wildman–Crippen LogP) is 3.76. The van der Waals surface area contributed by atoms with Gasteiger partial charge in [-0.15, -0.1) is 11.3 Å². The fourth-order valence-electron chi connectivity index (χ4n) is 1.41. The van der Waals surface area contributed by atoms with E-state index in [1.807, 2.05) is 18.2 Å². The highest BCUT2D eigenvalue weighted by Crippen LogP contribution is 2.28. The van der Waals surface area contributed by atoms with Crippen LogP contribution in [0.15, 0.2) is 34.1 Å². The zero-order valence-electron chi connectivity index (χ0n) is 8.94. The van der Waals surface area contributed by atoms with Gasteiger partial charge < -0.3 is 4.74 Å². The highest BCUT2D eigenvalue weighted by molar-refractivity contribution is 9.10. The number of ether oxygens (including phenoxy) is 1. The lowest BCUT2D eigenvalue weighted by Gasteiger charge is -1.99. The summed E-state index contributed by atoms with van der Waals surface area (Å²) in [5, 5.41) is 3.21. The molecule has 0 aliphatic carbocycles. The van der Waals surface area contributed by atoms with Gasteiger partial charge >= 0.3 is 0 Å². The van der Waals surface area contributed by atoms with E-state index in [2.05, 4.69) is 32.4 Å². The van der Waals surface area contributed by atoms with Crippen molar-refractivity contribution in [3.63, 3.8) is 0 Å². The van der Waals surface area contributed by atoms with Gasteiger partial charge in [0.25, 0.3) is 0 Å². The number of hydrogen-bond donors (Lipinski definition) is 0. The molecule has 84 valence electrons. The molecule has 0 amide bonds. The largest absolute Gasteiger partial charge is 0.384 e. The molecule has 0 unspecified atom stereocenters. The Kier molecular flexibility index (Phi) is 4.09. The van der Waals surface area contributed by atoms with Gasteiger partial charge in [-0.05, 0) is 6.07 Å². The lowest BCUT2D eigenvalue weighted by Crippen LogP contribution is -1.93. The van der Waals surface area contributed by atoms with Crippen LogP contribution < -0.4 is 0 Å². The first-order valence-corrected chi connectivity index (χ1v) is 6.67. The number of thiazole rings is 1. The molecule has 0 radical (unpaired) electrons. The van der Waals surface area contributed by atoms with Crippen LogP contribution in [0.5, 0.6) is 0 Å². The Balaban J connectivity index is 2.22. The standard InChI is InChI=1S/C12H12BrNOS/c1-15-7-6-12-14-11(8-16-12)9-4-2-3-5-10(9)13/h2-5,8H,6-7H2,1H3. The van der Waals surface area contributed by atoms with Crippen LogP contribution in [0.3, 0.4) is 0 Å². The average Bonchev–Trinajstić information content (AvgIpc) is 2.75. The van der Waals surface area contributed by atoms with Crippen molar-refractivity contribution < 1.29 is 4.74 Å². The average molecular weight is 298 g/mol. The molecule has 0 bridgehead atoms. The van der Waals surface area contributed by atoms with E-state index in [0.29, 0.717) is 0 Å². The number of nitrogens with zero attached hydrogens (tertiary/aromatic N) is 1. The Bertz CT molecular complexity index is 470. The number of methoxy groups -OCH3 is 1. The van der Waals surface area contributed by atoms with Crippen molar-refractivity contribution >= 4 is 27.3 Å². The monoisotopic (exact) mass is 297 g/mol. The van der Waals surface area contributed by atoms with Crippen molar-refractivity contribution in [2.75, 3.05) is 13.7 Å². The second-order valence-electron chi connectivity index (χ2n) is 3.35. The minimum Gasteiger partial charge on any atom is -0.384 e. The Morgan fingerprint density at radius 1 is 1.38 bits per heavy atom. The zero-order chi connectivity index (χ0) is 11.4. The van der Waals surface area contributed by atoms with Crippen LogP contribution in [0.2, 0.25) is 0 Å². The molecular formula is C12H12BrNOS. The Labute approximate surface area is 107 Å². The third-order valence-electron chi connectivity index (χ3n) is 2.22. The molecule has 0 atom stereocenters. The highest BCUT2D eigenvalue weighted by atomic mass is 79.9. The molecule has 1 aromatic heterocycles. The fraction of sp³-hybridized carbons (Fsp3) is 0.250. The van der Waals surface area contributed by atoms with E-state index in [4.69, 9.17) is 4.74 Å². The molecule has 0 N–H and O–H groups in total. The second-order valence-corrected chi connectivity index (χ2v) is 5.15. The molecule has 1 heterocycles. The summed E-state index contributed by atoms with van der Waals surface area (Å²) in [7, 11) is 1.71. The zero-order valence-corrected chi connectivity index (χ0v) is 11.3. The van der Waals surface area contributed by atoms with E-state index in [0.717, 1.165) is 33.8 Å². The summed E-state index contributed by atoms with van der Waals surface area (Å²) in [6.45, 7) is 0.725. The van der Waals surface area contributed by atoms with E-state index in [1.165, 1.54) is 0 Å². The minimum absolute atomic E-state index is 0.725. The highest BCUT2D eigenvalue weighted by Gasteiger charge is 2.06. The maximum absolute atomic E-state index is 5.04. The third kappa shape index (κ3) is 2.70. The van der Waals surface area contributed by atoms with Gasteiger partial charge in [-0.25, -0.2) is 4.98 Å². The fourth-order valence-corrected chi connectivity index (χ4v) is 2.68. The molecule has 4 heteroatoms. The van der Waals surface area contributed by atoms with Crippen LogP contribution in [-0.4, -0.2) is 18.7 Å². The summed E-state index contributed by atoms with van der Waals surface area (Å²) in [6.07, 6.45) is 0.881. The Morgan fingerprint density at radius 3 is 2.94 bits per heavy atom. The summed E-state index contributed by atoms with van der Waals surface area (Å²) < 4.78 is 6.12. The first kappa shape index (κ1) is 11.8. The molecule has 0 saturated carbocycles. The van der Waals surface area contributed by atoms with Crippen LogP contribution in [0.1, 0.15) is 5.01 Å². The summed E-state index contributed by atoms with van der Waals surface area (Å²) >= 11 is 5.22. The van der Waals surface area contributed by atoms with Gasteiger partial charge in [0.2, 0.25) is 0 Å². The molecule has 0 aliphatic rings. The van der Waals surface area contributed by atoms with Gasteiger partial charge in [0.05, 0.1) is 17.3 Å². The van der Waals surface area contributed by atoms with Crippen molar-refractivity contribution in [3.8, 4) is 11.3 Å². The van der Waals surface area contributed by atoms with Crippen LogP contribution in [0.25, 0.3) is 11.3 Å². The van der Waals surface area contributed by atoms with Gasteiger partial charge in [0.15, 0.2) is 0 Å². The third-order valence-corrected chi connectivity index (χ3v) is 3.82. The van der Waals surface area contributed by atoms with Crippen LogP contribution in [-0.2, 0) is 11.2 Å². The SMILES string of the molecule is COCCc1nc(-c2ccccc2Br)cs1. The van der Waals surface area contributed by atoms with Crippen molar-refractivity contribution in [1.29, 1.82) is 0 Å². The van der Waals surface area contributed by atoms with Gasteiger partial charge in [0.1, 0.15) is 0 Å². The number of aromatic nitrogens is 1. The number of rotatable bonds is 4. The van der Waals surface area contributed by atoms with Crippen molar-refractivity contribution in [3.05, 3.63) is 39.1 Å². The predicted molar refractivity (Wildman–Crippen MR) is 70.8 cm³/mol. The summed E-state index contributed by atoms with van der Waals surface area (Å²) in [5.74, 6) is 0. The number of halogens is 1. The number of benzene rings is 1. The normalized spacial score (nSPS) is 10.6. The van der Waals surface area contributed by atoms with Crippen LogP contribution in [0, 0.1) is 0 Å². The topological polar surface area (TPSA) is 22.1 Å². The molecule has 0 aliphatic heterocycles. The van der Waals surface area contributed by atoms with Crippen molar-refractivity contribution in [2.24, 2.45) is 0 Å². The van der Waals surface area contributed by atoms with Crippen molar-refractivity contribution in [2.45, 2.75) is 6.42 Å². The molecular weight excluding hydrogens is 286 g/mol. The second kappa shape index (κ2) is 5.57. The van der Waals surface area contributed by atoms with E-state index >= 15 is 0 Å². The first-order valence-electron chi connectivity index (χ1n) is 4.99. The van der Waals surface area contributed by atoms with Gasteiger partial charge in [-0.2, -0.15) is 0 Å². The summed E-state index contributed by atoms with van der Waals surface area (Å²) in [5.41, 5.74) is 2.17. The quantitative estimate of drug-likeness (QED) is 0.857. The van der Waals surface area contributed by atoms with Gasteiger partial charge in [-0.1, -0.05) is 34.1 Å². The van der Waals surface area contributed by atoms with Crippen LogP contribution >= 0.6 is 27.3 Å². The number of hydrogen-bond acceptors (Lipinski definition) is 3. The Morgan fingerprint density at radius 2 is 2.19 bits per heavy atom. The molecule has 16 heavy (non-hydrogen) atoms. The maximum atomic E-state index is 5.04. The van der Waals surface area contributed by atoms with Gasteiger partial charge in [0, 0.05) is 28.9 Å². The molecule has 2 nitrogen and oxygen atoms in total.